The summed E-state index contributed by atoms with van der Waals surface area (Å²) in [5, 5.41) is 14.3. The molecule has 2 fully saturated rings. The van der Waals surface area contributed by atoms with Crippen LogP contribution in [0.2, 0.25) is 0 Å². The molecule has 3 amide bonds. The van der Waals surface area contributed by atoms with Crippen LogP contribution in [-0.4, -0.2) is 85.1 Å². The number of ether oxygens (including phenoxy) is 1. The van der Waals surface area contributed by atoms with E-state index < -0.39 is 5.91 Å². The first kappa shape index (κ1) is 19.2. The number of nitrogens with zero attached hydrogens (tertiary/aromatic N) is 3. The van der Waals surface area contributed by atoms with E-state index in [1.165, 1.54) is 6.20 Å². The molecule has 2 aliphatic rings. The van der Waals surface area contributed by atoms with E-state index >= 15 is 0 Å². The Balaban J connectivity index is 1.67. The van der Waals surface area contributed by atoms with Gasteiger partial charge in [-0.1, -0.05) is 11.8 Å². The molecule has 0 aromatic heterocycles. The highest BCUT2D eigenvalue weighted by Gasteiger charge is 2.28. The normalized spacial score (nSPS) is 19.0. The summed E-state index contributed by atoms with van der Waals surface area (Å²) in [5.41, 5.74) is -0.0459. The van der Waals surface area contributed by atoms with Crippen molar-refractivity contribution in [2.75, 3.05) is 58.2 Å². The Bertz CT molecular complexity index is 567. The van der Waals surface area contributed by atoms with E-state index in [0.717, 1.165) is 29.8 Å². The second-order valence-corrected chi connectivity index (χ2v) is 6.36. The fourth-order valence-corrected chi connectivity index (χ4v) is 3.10. The van der Waals surface area contributed by atoms with Gasteiger partial charge in [-0.15, -0.1) is 0 Å². The molecule has 0 unspecified atom stereocenters. The summed E-state index contributed by atoms with van der Waals surface area (Å²) in [7, 11) is 0. The molecule has 2 N–H and O–H groups in total. The van der Waals surface area contributed by atoms with Crippen LogP contribution in [0.3, 0.4) is 0 Å². The van der Waals surface area contributed by atoms with E-state index in [2.05, 4.69) is 15.5 Å². The summed E-state index contributed by atoms with van der Waals surface area (Å²) in [4.78, 5) is 38.2. The summed E-state index contributed by atoms with van der Waals surface area (Å²) in [5.74, 6) is -0.502. The van der Waals surface area contributed by atoms with E-state index in [1.807, 2.05) is 6.07 Å². The minimum absolute atomic E-state index is 0.0459. The maximum atomic E-state index is 12.0. The zero-order valence-electron chi connectivity index (χ0n) is 13.8. The van der Waals surface area contributed by atoms with Gasteiger partial charge in [-0.25, -0.2) is 0 Å². The molecule has 0 bridgehead atoms. The van der Waals surface area contributed by atoms with Crippen molar-refractivity contribution < 1.29 is 19.1 Å². The first-order chi connectivity index (χ1) is 12.1. The molecule has 0 aromatic carbocycles. The van der Waals surface area contributed by atoms with Gasteiger partial charge in [0.05, 0.1) is 19.0 Å². The maximum absolute atomic E-state index is 12.0. The van der Waals surface area contributed by atoms with Crippen molar-refractivity contribution in [2.45, 2.75) is 0 Å². The third kappa shape index (κ3) is 6.04. The third-order valence-corrected chi connectivity index (χ3v) is 4.61. The van der Waals surface area contributed by atoms with E-state index in [9.17, 15) is 14.4 Å². The van der Waals surface area contributed by atoms with Crippen molar-refractivity contribution in [3.05, 3.63) is 11.8 Å². The Hall–Kier alpha value is -2.09. The van der Waals surface area contributed by atoms with Gasteiger partial charge < -0.3 is 15.4 Å². The van der Waals surface area contributed by atoms with Gasteiger partial charge in [-0.3, -0.25) is 24.2 Å². The van der Waals surface area contributed by atoms with Gasteiger partial charge in [0.15, 0.2) is 0 Å². The summed E-state index contributed by atoms with van der Waals surface area (Å²) >= 11 is 0.974. The molecule has 2 aliphatic heterocycles. The first-order valence-corrected chi connectivity index (χ1v) is 8.99. The Morgan fingerprint density at radius 3 is 2.68 bits per heavy atom. The van der Waals surface area contributed by atoms with Gasteiger partial charge in [0, 0.05) is 45.5 Å². The lowest BCUT2D eigenvalue weighted by atomic mass is 10.3. The summed E-state index contributed by atoms with van der Waals surface area (Å²) in [6.45, 7) is 4.71. The number of carbonyl (C=O) groups excluding carboxylic acids is 3. The number of rotatable bonds is 8. The van der Waals surface area contributed by atoms with Gasteiger partial charge in [0.1, 0.15) is 11.6 Å². The van der Waals surface area contributed by atoms with Crippen LogP contribution in [0.4, 0.5) is 4.79 Å². The predicted molar refractivity (Wildman–Crippen MR) is 91.5 cm³/mol. The Labute approximate surface area is 150 Å². The number of thioether (sulfide) groups is 1. The molecule has 0 aromatic rings. The van der Waals surface area contributed by atoms with E-state index in [1.54, 1.807) is 0 Å². The van der Waals surface area contributed by atoms with Crippen molar-refractivity contribution >= 4 is 28.8 Å². The zero-order valence-corrected chi connectivity index (χ0v) is 14.6. The van der Waals surface area contributed by atoms with Crippen molar-refractivity contribution in [1.82, 2.24) is 20.4 Å². The second kappa shape index (κ2) is 10.0. The van der Waals surface area contributed by atoms with Crippen LogP contribution in [0.25, 0.3) is 0 Å². The maximum Gasteiger partial charge on any atom is 0.288 e. The fraction of sp³-hybridized carbons (Fsp3) is 0.600. The van der Waals surface area contributed by atoms with Crippen LogP contribution < -0.4 is 10.6 Å². The molecule has 2 saturated heterocycles. The van der Waals surface area contributed by atoms with Gasteiger partial charge in [-0.05, 0) is 0 Å². The molecule has 136 valence electrons. The van der Waals surface area contributed by atoms with Crippen molar-refractivity contribution in [3.63, 3.8) is 0 Å². The zero-order chi connectivity index (χ0) is 18.1. The Morgan fingerprint density at radius 2 is 2.04 bits per heavy atom. The van der Waals surface area contributed by atoms with Crippen molar-refractivity contribution in [3.8, 4) is 6.07 Å². The fourth-order valence-electron chi connectivity index (χ4n) is 2.34. The molecule has 2 heterocycles. The highest BCUT2D eigenvalue weighted by atomic mass is 32.2. The molecule has 2 rings (SSSR count). The summed E-state index contributed by atoms with van der Waals surface area (Å²) in [6.07, 6.45) is 1.31. The minimum Gasteiger partial charge on any atom is -0.388 e. The lowest BCUT2D eigenvalue weighted by Gasteiger charge is -2.26. The highest BCUT2D eigenvalue weighted by Crippen LogP contribution is 2.17. The quantitative estimate of drug-likeness (QED) is 0.323. The number of hydrogen-bond acceptors (Lipinski definition) is 8. The third-order valence-electron chi connectivity index (χ3n) is 3.75. The van der Waals surface area contributed by atoms with Crippen LogP contribution in [0.5, 0.6) is 0 Å². The lowest BCUT2D eigenvalue weighted by Crippen LogP contribution is -2.41. The van der Waals surface area contributed by atoms with E-state index in [4.69, 9.17) is 10.00 Å². The van der Waals surface area contributed by atoms with Crippen LogP contribution >= 0.6 is 11.8 Å². The smallest absolute Gasteiger partial charge is 0.288 e. The second-order valence-electron chi connectivity index (χ2n) is 5.43. The molecule has 25 heavy (non-hydrogen) atoms. The Kier molecular flexibility index (Phi) is 7.72. The number of carbonyl (C=O) groups is 3. The average molecular weight is 367 g/mol. The van der Waals surface area contributed by atoms with Gasteiger partial charge >= 0.3 is 0 Å². The van der Waals surface area contributed by atoms with Gasteiger partial charge in [0.2, 0.25) is 5.91 Å². The van der Waals surface area contributed by atoms with Crippen LogP contribution in [0, 0.1) is 11.3 Å². The number of hydrogen-bond donors (Lipinski definition) is 2. The SMILES string of the molecule is N#C/C(=C/NCCN1C(=O)CSC1=O)C(=O)NCCN1CCOCC1. The number of nitrogens with one attached hydrogen (secondary N) is 2. The lowest BCUT2D eigenvalue weighted by molar-refractivity contribution is -0.124. The van der Waals surface area contributed by atoms with E-state index in [-0.39, 0.29) is 35.6 Å². The van der Waals surface area contributed by atoms with Crippen molar-refractivity contribution in [2.24, 2.45) is 0 Å². The highest BCUT2D eigenvalue weighted by molar-refractivity contribution is 8.14. The minimum atomic E-state index is -0.452. The number of nitriles is 1. The van der Waals surface area contributed by atoms with Gasteiger partial charge in [0.25, 0.3) is 11.1 Å². The number of morpholine rings is 1. The molecule has 0 aliphatic carbocycles. The summed E-state index contributed by atoms with van der Waals surface area (Å²) in [6, 6.07) is 1.84. The van der Waals surface area contributed by atoms with Crippen LogP contribution in [0.15, 0.2) is 11.8 Å². The van der Waals surface area contributed by atoms with Crippen LogP contribution in [0.1, 0.15) is 0 Å². The monoisotopic (exact) mass is 367 g/mol. The summed E-state index contributed by atoms with van der Waals surface area (Å²) < 4.78 is 5.25. The Morgan fingerprint density at radius 1 is 1.28 bits per heavy atom. The first-order valence-electron chi connectivity index (χ1n) is 8.01. The molecule has 10 heteroatoms. The van der Waals surface area contributed by atoms with E-state index in [0.29, 0.717) is 26.3 Å². The van der Waals surface area contributed by atoms with Crippen LogP contribution in [-0.2, 0) is 14.3 Å². The largest absolute Gasteiger partial charge is 0.388 e. The molecular formula is C15H21N5O4S. The number of amides is 3. The molecular weight excluding hydrogens is 346 g/mol. The standard InChI is InChI=1S/C15H21N5O4S/c16-9-12(10-17-1-4-20-13(21)11-25-15(20)23)14(22)18-2-3-19-5-7-24-8-6-19/h10,17H,1-8,11H2,(H,18,22)/b12-10-. The van der Waals surface area contributed by atoms with Crippen molar-refractivity contribution in [1.29, 1.82) is 5.26 Å². The number of imide groups is 1. The molecule has 0 saturated carbocycles. The molecule has 0 radical (unpaired) electrons. The molecule has 9 nitrogen and oxygen atoms in total. The predicted octanol–water partition coefficient (Wildman–Crippen LogP) is -0.873. The average Bonchev–Trinajstić information content (AvgIpc) is 2.94. The molecule has 0 atom stereocenters. The topological polar surface area (TPSA) is 115 Å². The van der Waals surface area contributed by atoms with Gasteiger partial charge in [-0.2, -0.15) is 5.26 Å². The molecule has 0 spiro atoms.